The van der Waals surface area contributed by atoms with Crippen LogP contribution in [0.2, 0.25) is 5.15 Å². The number of nitrogens with zero attached hydrogens (tertiary/aromatic N) is 2. The third-order valence-corrected chi connectivity index (χ3v) is 4.41. The maximum Gasteiger partial charge on any atom is 0.187 e. The Kier molecular flexibility index (Phi) is 6.23. The van der Waals surface area contributed by atoms with Crippen LogP contribution in [0, 0.1) is 0 Å². The van der Waals surface area contributed by atoms with Gasteiger partial charge < -0.3 is 10.0 Å². The highest BCUT2D eigenvalue weighted by Gasteiger charge is 2.18. The van der Waals surface area contributed by atoms with Crippen LogP contribution in [0.1, 0.15) is 44.9 Å². The number of unbranched alkanes of at least 4 members (excludes halogenated alkanes) is 1. The molecule has 1 unspecified atom stereocenters. The summed E-state index contributed by atoms with van der Waals surface area (Å²) in [5, 5.41) is 10.5. The second-order valence-electron chi connectivity index (χ2n) is 4.17. The Morgan fingerprint density at radius 1 is 1.47 bits per heavy atom. The van der Waals surface area contributed by atoms with Gasteiger partial charge in [-0.2, -0.15) is 0 Å². The fourth-order valence-corrected chi connectivity index (χ4v) is 2.84. The Balaban J connectivity index is 2.87. The van der Waals surface area contributed by atoms with E-state index in [-0.39, 0.29) is 6.61 Å². The summed E-state index contributed by atoms with van der Waals surface area (Å²) < 4.78 is 0. The fourth-order valence-electron chi connectivity index (χ4n) is 1.60. The van der Waals surface area contributed by atoms with Gasteiger partial charge in [-0.05, 0) is 19.8 Å². The fraction of sp³-hybridized carbons (Fsp3) is 0.750. The first-order chi connectivity index (χ1) is 8.13. The summed E-state index contributed by atoms with van der Waals surface area (Å²) >= 11 is 7.48. The maximum atomic E-state index is 9.15. The van der Waals surface area contributed by atoms with Gasteiger partial charge in [-0.3, -0.25) is 0 Å². The normalized spacial score (nSPS) is 12.8. The van der Waals surface area contributed by atoms with E-state index in [0.29, 0.717) is 11.2 Å². The lowest BCUT2D eigenvalue weighted by Crippen LogP contribution is -2.33. The van der Waals surface area contributed by atoms with Crippen LogP contribution in [0.4, 0.5) is 5.13 Å². The molecule has 1 N–H and O–H groups in total. The summed E-state index contributed by atoms with van der Waals surface area (Å²) in [6.45, 7) is 7.52. The van der Waals surface area contributed by atoms with Gasteiger partial charge in [0.15, 0.2) is 5.13 Å². The van der Waals surface area contributed by atoms with E-state index in [9.17, 15) is 0 Å². The van der Waals surface area contributed by atoms with Gasteiger partial charge in [-0.1, -0.05) is 43.2 Å². The van der Waals surface area contributed by atoms with Crippen LogP contribution in [0.25, 0.3) is 0 Å². The molecular weight excluding hydrogens is 256 g/mol. The summed E-state index contributed by atoms with van der Waals surface area (Å²) in [7, 11) is 0. The Morgan fingerprint density at radius 2 is 2.18 bits per heavy atom. The minimum absolute atomic E-state index is 0.0291. The summed E-state index contributed by atoms with van der Waals surface area (Å²) in [6, 6.07) is 0.454. The summed E-state index contributed by atoms with van der Waals surface area (Å²) in [5.74, 6) is 0. The second kappa shape index (κ2) is 7.19. The van der Waals surface area contributed by atoms with Gasteiger partial charge >= 0.3 is 0 Å². The van der Waals surface area contributed by atoms with Gasteiger partial charge in [0.05, 0.1) is 11.5 Å². The Labute approximate surface area is 112 Å². The first-order valence-corrected chi connectivity index (χ1v) is 7.36. The maximum absolute atomic E-state index is 9.15. The van der Waals surface area contributed by atoms with Crippen molar-refractivity contribution in [1.82, 2.24) is 4.98 Å². The molecule has 3 nitrogen and oxygen atoms in total. The topological polar surface area (TPSA) is 36.4 Å². The predicted octanol–water partition coefficient (Wildman–Crippen LogP) is 3.69. The molecule has 1 aromatic heterocycles. The zero-order chi connectivity index (χ0) is 12.8. The number of aliphatic hydroxyl groups is 1. The minimum atomic E-state index is -0.0291. The van der Waals surface area contributed by atoms with Crippen molar-refractivity contribution in [2.75, 3.05) is 11.4 Å². The number of aromatic nitrogens is 1. The Morgan fingerprint density at radius 3 is 2.65 bits per heavy atom. The van der Waals surface area contributed by atoms with Crippen LogP contribution in [-0.2, 0) is 6.61 Å². The molecule has 0 spiro atoms. The highest BCUT2D eigenvalue weighted by molar-refractivity contribution is 7.16. The molecule has 1 atom stereocenters. The largest absolute Gasteiger partial charge is 0.391 e. The molecule has 0 fully saturated rings. The molecule has 0 amide bonds. The van der Waals surface area contributed by atoms with Crippen LogP contribution in [-0.4, -0.2) is 22.7 Å². The molecule has 1 aromatic rings. The first-order valence-electron chi connectivity index (χ1n) is 6.16. The molecule has 0 aliphatic heterocycles. The number of hydrogen-bond donors (Lipinski definition) is 1. The standard InChI is InChI=1S/C12H21ClN2OS/c1-4-6-7-15(9(3)5-2)12-14-11(13)10(8-16)17-12/h9,16H,4-8H2,1-3H3. The van der Waals surface area contributed by atoms with Crippen molar-refractivity contribution in [2.45, 2.75) is 52.7 Å². The smallest absolute Gasteiger partial charge is 0.187 e. The molecule has 98 valence electrons. The molecule has 0 aliphatic rings. The van der Waals surface area contributed by atoms with E-state index in [1.807, 2.05) is 0 Å². The zero-order valence-corrected chi connectivity index (χ0v) is 12.3. The average Bonchev–Trinajstić information content (AvgIpc) is 2.70. The predicted molar refractivity (Wildman–Crippen MR) is 75.1 cm³/mol. The van der Waals surface area contributed by atoms with Crippen molar-refractivity contribution >= 4 is 28.1 Å². The third-order valence-electron chi connectivity index (χ3n) is 2.90. The van der Waals surface area contributed by atoms with Crippen molar-refractivity contribution < 1.29 is 5.11 Å². The van der Waals surface area contributed by atoms with Crippen molar-refractivity contribution in [3.05, 3.63) is 10.0 Å². The van der Waals surface area contributed by atoms with E-state index < -0.39 is 0 Å². The summed E-state index contributed by atoms with van der Waals surface area (Å²) in [4.78, 5) is 7.40. The number of aliphatic hydroxyl groups excluding tert-OH is 1. The molecule has 0 aliphatic carbocycles. The van der Waals surface area contributed by atoms with E-state index in [1.54, 1.807) is 0 Å². The van der Waals surface area contributed by atoms with E-state index in [0.717, 1.165) is 29.4 Å². The van der Waals surface area contributed by atoms with Crippen molar-refractivity contribution in [1.29, 1.82) is 0 Å². The molecule has 0 bridgehead atoms. The molecule has 0 saturated carbocycles. The zero-order valence-electron chi connectivity index (χ0n) is 10.7. The molecule has 1 heterocycles. The number of rotatable bonds is 7. The number of anilines is 1. The minimum Gasteiger partial charge on any atom is -0.391 e. The van der Waals surface area contributed by atoms with Gasteiger partial charge in [0.1, 0.15) is 5.15 Å². The number of halogens is 1. The lowest BCUT2D eigenvalue weighted by molar-refractivity contribution is 0.285. The quantitative estimate of drug-likeness (QED) is 0.825. The monoisotopic (exact) mass is 276 g/mol. The Bertz CT molecular complexity index is 343. The van der Waals surface area contributed by atoms with Crippen LogP contribution in [0.15, 0.2) is 0 Å². The highest BCUT2D eigenvalue weighted by atomic mass is 35.5. The average molecular weight is 277 g/mol. The second-order valence-corrected chi connectivity index (χ2v) is 5.59. The van der Waals surface area contributed by atoms with Gasteiger partial charge in [0, 0.05) is 12.6 Å². The van der Waals surface area contributed by atoms with Gasteiger partial charge in [-0.15, -0.1) is 0 Å². The SMILES string of the molecule is CCCCN(c1nc(Cl)c(CO)s1)C(C)CC. The van der Waals surface area contributed by atoms with Gasteiger partial charge in [0.2, 0.25) is 0 Å². The molecule has 5 heteroatoms. The highest BCUT2D eigenvalue weighted by Crippen LogP contribution is 2.31. The van der Waals surface area contributed by atoms with Crippen LogP contribution >= 0.6 is 22.9 Å². The molecule has 0 radical (unpaired) electrons. The van der Waals surface area contributed by atoms with Crippen LogP contribution < -0.4 is 4.90 Å². The van der Waals surface area contributed by atoms with Crippen molar-refractivity contribution in [3.63, 3.8) is 0 Å². The molecule has 0 aromatic carbocycles. The lowest BCUT2D eigenvalue weighted by atomic mass is 10.2. The molecule has 0 saturated heterocycles. The molecule has 17 heavy (non-hydrogen) atoms. The van der Waals surface area contributed by atoms with Crippen LogP contribution in [0.3, 0.4) is 0 Å². The first kappa shape index (κ1) is 14.7. The molecule has 1 rings (SSSR count). The van der Waals surface area contributed by atoms with Gasteiger partial charge in [0.25, 0.3) is 0 Å². The number of hydrogen-bond acceptors (Lipinski definition) is 4. The van der Waals surface area contributed by atoms with E-state index in [1.165, 1.54) is 17.8 Å². The lowest BCUT2D eigenvalue weighted by Gasteiger charge is -2.27. The number of thiazole rings is 1. The summed E-state index contributed by atoms with van der Waals surface area (Å²) in [5.41, 5.74) is 0. The third kappa shape index (κ3) is 3.83. The van der Waals surface area contributed by atoms with Crippen LogP contribution in [0.5, 0.6) is 0 Å². The van der Waals surface area contributed by atoms with Crippen molar-refractivity contribution in [2.24, 2.45) is 0 Å². The van der Waals surface area contributed by atoms with Crippen molar-refractivity contribution in [3.8, 4) is 0 Å². The van der Waals surface area contributed by atoms with Gasteiger partial charge in [-0.25, -0.2) is 4.98 Å². The Hall–Kier alpha value is -0.320. The van der Waals surface area contributed by atoms with E-state index in [4.69, 9.17) is 16.7 Å². The van der Waals surface area contributed by atoms with E-state index >= 15 is 0 Å². The van der Waals surface area contributed by atoms with E-state index in [2.05, 4.69) is 30.7 Å². The molecular formula is C12H21ClN2OS. The summed E-state index contributed by atoms with van der Waals surface area (Å²) in [6.07, 6.45) is 3.39.